The van der Waals surface area contributed by atoms with Gasteiger partial charge < -0.3 is 4.74 Å². The number of carbonyl (C=O) groups excluding carboxylic acids is 1. The van der Waals surface area contributed by atoms with Crippen LogP contribution in [0.2, 0.25) is 0 Å². The lowest BCUT2D eigenvalue weighted by molar-refractivity contribution is 0.0456. The van der Waals surface area contributed by atoms with Crippen molar-refractivity contribution in [3.63, 3.8) is 0 Å². The van der Waals surface area contributed by atoms with Crippen LogP contribution in [0.5, 0.6) is 0 Å². The Hall–Kier alpha value is -2.33. The molecular formula is C15H21N5O4S. The summed E-state index contributed by atoms with van der Waals surface area (Å²) >= 11 is 0. The number of sulfonamides is 1. The molecular weight excluding hydrogens is 346 g/mol. The minimum Gasteiger partial charge on any atom is -0.454 e. The second-order valence-electron chi connectivity index (χ2n) is 5.56. The molecule has 10 heteroatoms. The molecule has 0 unspecified atom stereocenters. The van der Waals surface area contributed by atoms with E-state index in [1.807, 2.05) is 0 Å². The molecule has 0 aliphatic heterocycles. The third kappa shape index (κ3) is 4.60. The highest BCUT2D eigenvalue weighted by atomic mass is 32.2. The van der Waals surface area contributed by atoms with Crippen LogP contribution in [0.3, 0.4) is 0 Å². The Morgan fingerprint density at radius 2 is 2.08 bits per heavy atom. The molecule has 0 saturated heterocycles. The molecule has 2 aromatic rings. The summed E-state index contributed by atoms with van der Waals surface area (Å²) in [6, 6.07) is 5.71. The first kappa shape index (κ1) is 19.0. The largest absolute Gasteiger partial charge is 0.454 e. The average molecular weight is 367 g/mol. The molecule has 0 aliphatic rings. The van der Waals surface area contributed by atoms with Gasteiger partial charge in [0.05, 0.1) is 10.5 Å². The SMILES string of the molecule is CCCCn1nnnc1COC(=O)c1cccc(S(=O)(=O)N(C)C)c1. The first-order valence-electron chi connectivity index (χ1n) is 7.81. The highest BCUT2D eigenvalue weighted by Crippen LogP contribution is 2.16. The van der Waals surface area contributed by atoms with Crippen molar-refractivity contribution < 1.29 is 17.9 Å². The maximum Gasteiger partial charge on any atom is 0.338 e. The Morgan fingerprint density at radius 1 is 1.32 bits per heavy atom. The molecule has 1 aromatic carbocycles. The van der Waals surface area contributed by atoms with Crippen molar-refractivity contribution in [2.75, 3.05) is 14.1 Å². The van der Waals surface area contributed by atoms with Gasteiger partial charge in [-0.15, -0.1) is 5.10 Å². The molecule has 25 heavy (non-hydrogen) atoms. The number of nitrogens with zero attached hydrogens (tertiary/aromatic N) is 5. The van der Waals surface area contributed by atoms with E-state index in [2.05, 4.69) is 22.4 Å². The molecule has 0 bridgehead atoms. The van der Waals surface area contributed by atoms with E-state index in [1.54, 1.807) is 4.68 Å². The van der Waals surface area contributed by atoms with E-state index >= 15 is 0 Å². The fourth-order valence-corrected chi connectivity index (χ4v) is 2.96. The first-order valence-corrected chi connectivity index (χ1v) is 9.25. The van der Waals surface area contributed by atoms with Gasteiger partial charge in [0, 0.05) is 20.6 Å². The van der Waals surface area contributed by atoms with Crippen molar-refractivity contribution in [1.82, 2.24) is 24.5 Å². The van der Waals surface area contributed by atoms with Crippen molar-refractivity contribution in [3.8, 4) is 0 Å². The molecule has 0 fully saturated rings. The predicted octanol–water partition coefficient (Wildman–Crippen LogP) is 1.08. The highest BCUT2D eigenvalue weighted by Gasteiger charge is 2.19. The van der Waals surface area contributed by atoms with Crippen molar-refractivity contribution in [3.05, 3.63) is 35.7 Å². The Morgan fingerprint density at radius 3 is 2.76 bits per heavy atom. The summed E-state index contributed by atoms with van der Waals surface area (Å²) in [6.07, 6.45) is 1.91. The van der Waals surface area contributed by atoms with Gasteiger partial charge in [-0.25, -0.2) is 22.2 Å². The summed E-state index contributed by atoms with van der Waals surface area (Å²) in [6.45, 7) is 2.62. The van der Waals surface area contributed by atoms with E-state index in [4.69, 9.17) is 4.74 Å². The highest BCUT2D eigenvalue weighted by molar-refractivity contribution is 7.89. The van der Waals surface area contributed by atoms with Crippen LogP contribution in [0.15, 0.2) is 29.2 Å². The molecule has 2 rings (SSSR count). The van der Waals surface area contributed by atoms with Gasteiger partial charge in [0.15, 0.2) is 12.4 Å². The van der Waals surface area contributed by atoms with Crippen LogP contribution in [0.25, 0.3) is 0 Å². The van der Waals surface area contributed by atoms with Crippen LogP contribution in [-0.4, -0.2) is 53.0 Å². The molecule has 0 amide bonds. The summed E-state index contributed by atoms with van der Waals surface area (Å²) < 4.78 is 32.2. The monoisotopic (exact) mass is 367 g/mol. The van der Waals surface area contributed by atoms with E-state index in [1.165, 1.54) is 38.4 Å². The quantitative estimate of drug-likeness (QED) is 0.643. The Labute approximate surface area is 146 Å². The number of aryl methyl sites for hydroxylation is 1. The van der Waals surface area contributed by atoms with Crippen LogP contribution in [0.4, 0.5) is 0 Å². The summed E-state index contributed by atoms with van der Waals surface area (Å²) in [7, 11) is -0.765. The third-order valence-corrected chi connectivity index (χ3v) is 5.32. The number of aromatic nitrogens is 4. The number of carbonyl (C=O) groups is 1. The number of ether oxygens (including phenoxy) is 1. The maximum absolute atomic E-state index is 12.2. The van der Waals surface area contributed by atoms with Crippen molar-refractivity contribution in [1.29, 1.82) is 0 Å². The zero-order chi connectivity index (χ0) is 18.4. The fraction of sp³-hybridized carbons (Fsp3) is 0.467. The van der Waals surface area contributed by atoms with Gasteiger partial charge in [-0.1, -0.05) is 19.4 Å². The zero-order valence-corrected chi connectivity index (χ0v) is 15.2. The van der Waals surface area contributed by atoms with Crippen LogP contribution < -0.4 is 0 Å². The van der Waals surface area contributed by atoms with Crippen LogP contribution >= 0.6 is 0 Å². The molecule has 0 saturated carbocycles. The Bertz CT molecular complexity index is 832. The van der Waals surface area contributed by atoms with Gasteiger partial charge in [0.25, 0.3) is 0 Å². The van der Waals surface area contributed by atoms with E-state index in [9.17, 15) is 13.2 Å². The first-order chi connectivity index (χ1) is 11.9. The number of unbranched alkanes of at least 4 members (excludes halogenated alkanes) is 1. The number of tetrazole rings is 1. The minimum atomic E-state index is -3.62. The van der Waals surface area contributed by atoms with E-state index < -0.39 is 16.0 Å². The van der Waals surface area contributed by atoms with Crippen molar-refractivity contribution in [2.24, 2.45) is 0 Å². The van der Waals surface area contributed by atoms with Gasteiger partial charge in [-0.3, -0.25) is 0 Å². The molecule has 136 valence electrons. The second kappa shape index (κ2) is 8.17. The smallest absolute Gasteiger partial charge is 0.338 e. The van der Waals surface area contributed by atoms with Crippen LogP contribution in [0.1, 0.15) is 35.9 Å². The number of hydrogen-bond donors (Lipinski definition) is 0. The summed E-state index contributed by atoms with van der Waals surface area (Å²) in [5.74, 6) is -0.195. The number of benzene rings is 1. The van der Waals surface area contributed by atoms with Crippen LogP contribution in [-0.2, 0) is 27.9 Å². The second-order valence-corrected chi connectivity index (χ2v) is 7.72. The van der Waals surface area contributed by atoms with E-state index in [0.717, 1.165) is 17.1 Å². The number of rotatable bonds is 8. The minimum absolute atomic E-state index is 0.0275. The molecule has 1 aromatic heterocycles. The normalized spacial score (nSPS) is 11.7. The van der Waals surface area contributed by atoms with Gasteiger partial charge >= 0.3 is 5.97 Å². The number of hydrogen-bond acceptors (Lipinski definition) is 7. The average Bonchev–Trinajstić information content (AvgIpc) is 3.05. The molecule has 0 aliphatic carbocycles. The van der Waals surface area contributed by atoms with Gasteiger partial charge in [-0.05, 0) is 35.0 Å². The summed E-state index contributed by atoms with van der Waals surface area (Å²) in [4.78, 5) is 12.2. The van der Waals surface area contributed by atoms with Crippen molar-refractivity contribution >= 4 is 16.0 Å². The molecule has 0 radical (unpaired) electrons. The molecule has 1 heterocycles. The zero-order valence-electron chi connectivity index (χ0n) is 14.4. The fourth-order valence-electron chi connectivity index (χ4n) is 2.02. The van der Waals surface area contributed by atoms with Gasteiger partial charge in [0.2, 0.25) is 10.0 Å². The molecule has 0 N–H and O–H groups in total. The Balaban J connectivity index is 2.08. The lowest BCUT2D eigenvalue weighted by Gasteiger charge is -2.12. The van der Waals surface area contributed by atoms with Crippen molar-refractivity contribution in [2.45, 2.75) is 37.8 Å². The van der Waals surface area contributed by atoms with E-state index in [-0.39, 0.29) is 17.1 Å². The molecule has 0 atom stereocenters. The predicted molar refractivity (Wildman–Crippen MR) is 89.2 cm³/mol. The third-order valence-electron chi connectivity index (χ3n) is 3.51. The maximum atomic E-state index is 12.2. The van der Waals surface area contributed by atoms with Crippen LogP contribution in [0, 0.1) is 0 Å². The standard InChI is InChI=1S/C15H21N5O4S/c1-4-5-9-20-14(16-17-18-20)11-24-15(21)12-7-6-8-13(10-12)25(22,23)19(2)3/h6-8,10H,4-5,9,11H2,1-3H3. The molecule has 0 spiro atoms. The van der Waals surface area contributed by atoms with Gasteiger partial charge in [-0.2, -0.15) is 0 Å². The summed E-state index contributed by atoms with van der Waals surface area (Å²) in [5.41, 5.74) is 0.149. The number of esters is 1. The lowest BCUT2D eigenvalue weighted by atomic mass is 10.2. The topological polar surface area (TPSA) is 107 Å². The molecule has 9 nitrogen and oxygen atoms in total. The van der Waals surface area contributed by atoms with Gasteiger partial charge in [0.1, 0.15) is 0 Å². The van der Waals surface area contributed by atoms with E-state index in [0.29, 0.717) is 12.4 Å². The lowest BCUT2D eigenvalue weighted by Crippen LogP contribution is -2.22. The summed E-state index contributed by atoms with van der Waals surface area (Å²) in [5, 5.41) is 11.3. The Kier molecular flexibility index (Phi) is 6.21.